The third kappa shape index (κ3) is 4.45. The maximum Gasteiger partial charge on any atom is 0.408 e. The first-order valence-corrected chi connectivity index (χ1v) is 7.92. The number of amides is 1. The number of carbonyl (C=O) groups excluding carboxylic acids is 1. The highest BCUT2D eigenvalue weighted by molar-refractivity contribution is 7.90. The standard InChI is InChI=1S/C11H22N2O4S/c1-10(2,3)17-9(14)13-11(7-12)5-8(11)6-18(4,15)16/h8H,5-7,12H2,1-4H3,(H,13,14). The first-order chi connectivity index (χ1) is 7.97. The molecule has 6 nitrogen and oxygen atoms in total. The molecule has 1 aliphatic rings. The van der Waals surface area contributed by atoms with Gasteiger partial charge in [0.2, 0.25) is 0 Å². The number of nitrogens with one attached hydrogen (secondary N) is 1. The van der Waals surface area contributed by atoms with Gasteiger partial charge in [-0.3, -0.25) is 0 Å². The van der Waals surface area contributed by atoms with Crippen molar-refractivity contribution in [3.05, 3.63) is 0 Å². The Kier molecular flexibility index (Phi) is 3.97. The predicted octanol–water partition coefficient (Wildman–Crippen LogP) is 0.273. The van der Waals surface area contributed by atoms with E-state index in [1.54, 1.807) is 20.8 Å². The van der Waals surface area contributed by atoms with E-state index in [-0.39, 0.29) is 18.2 Å². The summed E-state index contributed by atoms with van der Waals surface area (Å²) < 4.78 is 27.6. The molecular formula is C11H22N2O4S. The lowest BCUT2D eigenvalue weighted by molar-refractivity contribution is 0.0494. The van der Waals surface area contributed by atoms with Crippen LogP contribution in [0.3, 0.4) is 0 Å². The number of hydrogen-bond acceptors (Lipinski definition) is 5. The quantitative estimate of drug-likeness (QED) is 0.769. The van der Waals surface area contributed by atoms with Gasteiger partial charge in [-0.1, -0.05) is 0 Å². The van der Waals surface area contributed by atoms with Crippen molar-refractivity contribution >= 4 is 15.9 Å². The van der Waals surface area contributed by atoms with Gasteiger partial charge in [-0.25, -0.2) is 13.2 Å². The van der Waals surface area contributed by atoms with E-state index in [4.69, 9.17) is 10.5 Å². The second-order valence-corrected chi connectivity index (χ2v) is 8.17. The van der Waals surface area contributed by atoms with Crippen molar-refractivity contribution in [3.8, 4) is 0 Å². The molecular weight excluding hydrogens is 256 g/mol. The summed E-state index contributed by atoms with van der Waals surface area (Å²) in [6, 6.07) is 0. The largest absolute Gasteiger partial charge is 0.444 e. The number of hydrogen-bond donors (Lipinski definition) is 2. The van der Waals surface area contributed by atoms with Gasteiger partial charge in [0, 0.05) is 12.8 Å². The summed E-state index contributed by atoms with van der Waals surface area (Å²) >= 11 is 0. The van der Waals surface area contributed by atoms with Gasteiger partial charge in [0.1, 0.15) is 15.4 Å². The van der Waals surface area contributed by atoms with Gasteiger partial charge >= 0.3 is 6.09 Å². The van der Waals surface area contributed by atoms with E-state index in [1.807, 2.05) is 0 Å². The fraction of sp³-hybridized carbons (Fsp3) is 0.909. The number of carbonyl (C=O) groups is 1. The molecule has 0 radical (unpaired) electrons. The third-order valence-corrected chi connectivity index (χ3v) is 3.86. The number of alkyl carbamates (subject to hydrolysis) is 1. The van der Waals surface area contributed by atoms with E-state index in [0.717, 1.165) is 0 Å². The van der Waals surface area contributed by atoms with Crippen LogP contribution in [0.1, 0.15) is 27.2 Å². The molecule has 0 spiro atoms. The average Bonchev–Trinajstić information content (AvgIpc) is 2.72. The molecule has 0 aromatic carbocycles. The molecule has 1 saturated carbocycles. The zero-order chi connectivity index (χ0) is 14.2. The average molecular weight is 278 g/mol. The summed E-state index contributed by atoms with van der Waals surface area (Å²) in [6.45, 7) is 5.51. The number of ether oxygens (including phenoxy) is 1. The Labute approximate surface area is 108 Å². The SMILES string of the molecule is CC(C)(C)OC(=O)NC1(CN)CC1CS(C)(=O)=O. The van der Waals surface area contributed by atoms with Crippen LogP contribution in [0.2, 0.25) is 0 Å². The van der Waals surface area contributed by atoms with Crippen LogP contribution in [0.5, 0.6) is 0 Å². The molecule has 0 saturated heterocycles. The monoisotopic (exact) mass is 278 g/mol. The lowest BCUT2D eigenvalue weighted by Crippen LogP contribution is -2.47. The van der Waals surface area contributed by atoms with Crippen LogP contribution >= 0.6 is 0 Å². The van der Waals surface area contributed by atoms with Gasteiger partial charge in [0.05, 0.1) is 11.3 Å². The molecule has 1 fully saturated rings. The molecule has 7 heteroatoms. The summed E-state index contributed by atoms with van der Waals surface area (Å²) in [5, 5.41) is 2.70. The van der Waals surface area contributed by atoms with Crippen molar-refractivity contribution < 1.29 is 17.9 Å². The van der Waals surface area contributed by atoms with Crippen molar-refractivity contribution in [2.75, 3.05) is 18.6 Å². The van der Waals surface area contributed by atoms with Crippen molar-refractivity contribution in [3.63, 3.8) is 0 Å². The van der Waals surface area contributed by atoms with Crippen LogP contribution in [0.25, 0.3) is 0 Å². The summed E-state index contributed by atoms with van der Waals surface area (Å²) in [5.74, 6) is -0.0787. The van der Waals surface area contributed by atoms with E-state index in [9.17, 15) is 13.2 Å². The fourth-order valence-electron chi connectivity index (χ4n) is 1.93. The molecule has 2 atom stereocenters. The molecule has 3 N–H and O–H groups in total. The van der Waals surface area contributed by atoms with Gasteiger partial charge in [-0.05, 0) is 33.1 Å². The van der Waals surface area contributed by atoms with E-state index < -0.39 is 27.1 Å². The van der Waals surface area contributed by atoms with Gasteiger partial charge in [-0.15, -0.1) is 0 Å². The summed E-state index contributed by atoms with van der Waals surface area (Å²) in [5.41, 5.74) is 4.42. The van der Waals surface area contributed by atoms with Crippen LogP contribution in [-0.2, 0) is 14.6 Å². The Balaban J connectivity index is 2.58. The molecule has 1 aliphatic carbocycles. The minimum atomic E-state index is -3.06. The Bertz CT molecular complexity index is 427. The second-order valence-electron chi connectivity index (χ2n) is 5.98. The fourth-order valence-corrected chi connectivity index (χ4v) is 3.09. The molecule has 0 aromatic rings. The number of sulfone groups is 1. The molecule has 0 aromatic heterocycles. The topological polar surface area (TPSA) is 98.5 Å². The number of rotatable bonds is 4. The molecule has 1 rings (SSSR count). The normalized spacial score (nSPS) is 27.7. The maximum absolute atomic E-state index is 11.6. The van der Waals surface area contributed by atoms with Crippen LogP contribution in [0.4, 0.5) is 4.79 Å². The van der Waals surface area contributed by atoms with E-state index >= 15 is 0 Å². The van der Waals surface area contributed by atoms with Crippen molar-refractivity contribution in [2.24, 2.45) is 11.7 Å². The van der Waals surface area contributed by atoms with Gasteiger partial charge in [0.25, 0.3) is 0 Å². The first-order valence-electron chi connectivity index (χ1n) is 5.86. The molecule has 106 valence electrons. The molecule has 2 unspecified atom stereocenters. The first kappa shape index (κ1) is 15.2. The van der Waals surface area contributed by atoms with Crippen LogP contribution in [0.15, 0.2) is 0 Å². The maximum atomic E-state index is 11.6. The summed E-state index contributed by atoms with van der Waals surface area (Å²) in [4.78, 5) is 11.6. The summed E-state index contributed by atoms with van der Waals surface area (Å²) in [6.07, 6.45) is 1.21. The highest BCUT2D eigenvalue weighted by atomic mass is 32.2. The lowest BCUT2D eigenvalue weighted by Gasteiger charge is -2.23. The van der Waals surface area contributed by atoms with Crippen LogP contribution in [0, 0.1) is 5.92 Å². The van der Waals surface area contributed by atoms with Gasteiger partial charge in [0.15, 0.2) is 0 Å². The predicted molar refractivity (Wildman–Crippen MR) is 69.0 cm³/mol. The molecule has 0 aliphatic heterocycles. The molecule has 0 bridgehead atoms. The zero-order valence-electron chi connectivity index (χ0n) is 11.3. The van der Waals surface area contributed by atoms with Crippen molar-refractivity contribution in [1.82, 2.24) is 5.32 Å². The highest BCUT2D eigenvalue weighted by Gasteiger charge is 2.55. The molecule has 18 heavy (non-hydrogen) atoms. The van der Waals surface area contributed by atoms with Crippen LogP contribution in [-0.4, -0.2) is 44.2 Å². The zero-order valence-corrected chi connectivity index (χ0v) is 12.1. The Morgan fingerprint density at radius 2 is 2.06 bits per heavy atom. The van der Waals surface area contributed by atoms with E-state index in [0.29, 0.717) is 6.42 Å². The smallest absolute Gasteiger partial charge is 0.408 e. The third-order valence-electron chi connectivity index (χ3n) is 2.85. The minimum Gasteiger partial charge on any atom is -0.444 e. The van der Waals surface area contributed by atoms with Gasteiger partial charge < -0.3 is 15.8 Å². The lowest BCUT2D eigenvalue weighted by atomic mass is 10.2. The second kappa shape index (κ2) is 4.70. The Hall–Kier alpha value is -0.820. The van der Waals surface area contributed by atoms with Crippen LogP contribution < -0.4 is 11.1 Å². The van der Waals surface area contributed by atoms with E-state index in [1.165, 1.54) is 6.26 Å². The van der Waals surface area contributed by atoms with Crippen molar-refractivity contribution in [1.29, 1.82) is 0 Å². The summed E-state index contributed by atoms with van der Waals surface area (Å²) in [7, 11) is -3.06. The Morgan fingerprint density at radius 1 is 1.50 bits per heavy atom. The van der Waals surface area contributed by atoms with Crippen molar-refractivity contribution in [2.45, 2.75) is 38.3 Å². The van der Waals surface area contributed by atoms with E-state index in [2.05, 4.69) is 5.32 Å². The number of nitrogens with two attached hydrogens (primary N) is 1. The highest BCUT2D eigenvalue weighted by Crippen LogP contribution is 2.43. The Morgan fingerprint density at radius 3 is 2.44 bits per heavy atom. The molecule has 0 heterocycles. The minimum absolute atomic E-state index is 0.0417. The van der Waals surface area contributed by atoms with Gasteiger partial charge in [-0.2, -0.15) is 0 Å². The molecule has 1 amide bonds.